The molecule has 0 aliphatic carbocycles. The van der Waals surface area contributed by atoms with Crippen molar-refractivity contribution in [3.63, 3.8) is 0 Å². The Kier molecular flexibility index (Phi) is 49.0. The first-order valence-corrected chi connectivity index (χ1v) is 25.4. The maximum absolute atomic E-state index is 12.8. The smallest absolute Gasteiger partial charge is 0.306 e. The molecule has 352 valence electrons. The Balaban J connectivity index is 4.35. The first kappa shape index (κ1) is 58.6. The van der Waals surface area contributed by atoms with Gasteiger partial charge in [-0.2, -0.15) is 0 Å². The highest BCUT2D eigenvalue weighted by atomic mass is 16.6. The maximum atomic E-state index is 12.8. The van der Waals surface area contributed by atoms with Gasteiger partial charge in [-0.3, -0.25) is 9.59 Å². The van der Waals surface area contributed by atoms with Gasteiger partial charge in [-0.1, -0.05) is 214 Å². The van der Waals surface area contributed by atoms with Crippen molar-refractivity contribution >= 4 is 11.9 Å². The number of carbonyl (C=O) groups excluding carboxylic acids is 2. The Morgan fingerprint density at radius 3 is 1.21 bits per heavy atom. The van der Waals surface area contributed by atoms with Crippen LogP contribution < -0.4 is 0 Å². The summed E-state index contributed by atoms with van der Waals surface area (Å²) in [5.41, 5.74) is 0. The Labute approximate surface area is 383 Å². The van der Waals surface area contributed by atoms with Crippen LogP contribution in [0.25, 0.3) is 0 Å². The summed E-state index contributed by atoms with van der Waals surface area (Å²) in [7, 11) is 0. The summed E-state index contributed by atoms with van der Waals surface area (Å²) in [6.07, 6.45) is 71.0. The summed E-state index contributed by atoms with van der Waals surface area (Å²) >= 11 is 0. The van der Waals surface area contributed by atoms with E-state index in [1.165, 1.54) is 70.6 Å². The van der Waals surface area contributed by atoms with Crippen molar-refractivity contribution in [3.8, 4) is 0 Å². The topological polar surface area (TPSA) is 61.8 Å². The number of hydrogen-bond donors (Lipinski definition) is 0. The summed E-state index contributed by atoms with van der Waals surface area (Å²) in [5, 5.41) is 0. The lowest BCUT2D eigenvalue weighted by molar-refractivity contribution is -0.162. The standard InChI is InChI=1S/C57H94O5/c1-4-7-10-13-16-19-22-24-26-28-29-31-32-34-36-38-41-44-47-50-56(58)61-54-55(53-60-52-49-46-43-40-21-18-15-12-9-6-3)62-57(59)51-48-45-42-39-37-35-33-30-27-25-23-20-17-14-11-8-5-2/h7-8,10-11,16-17,19-20,24-27,29,31,33,35,39,42,55H,4-6,9,12-15,18,21-23,28,30,32,34,36-38,40-41,43-54H2,1-3H3/b10-7-,11-8-,19-16-,20-17-,26-24-,27-25-,31-29-,35-33-,42-39-. The van der Waals surface area contributed by atoms with Gasteiger partial charge in [-0.05, 0) is 96.3 Å². The molecule has 0 spiro atoms. The average Bonchev–Trinajstić information content (AvgIpc) is 3.27. The van der Waals surface area contributed by atoms with Crippen molar-refractivity contribution in [2.75, 3.05) is 19.8 Å². The highest BCUT2D eigenvalue weighted by molar-refractivity contribution is 5.70. The molecule has 5 nitrogen and oxygen atoms in total. The second kappa shape index (κ2) is 51.9. The quantitative estimate of drug-likeness (QED) is 0.0347. The van der Waals surface area contributed by atoms with Gasteiger partial charge >= 0.3 is 11.9 Å². The molecule has 0 saturated carbocycles. The predicted octanol–water partition coefficient (Wildman–Crippen LogP) is 17.2. The van der Waals surface area contributed by atoms with Crippen molar-refractivity contribution < 1.29 is 23.8 Å². The Bertz CT molecular complexity index is 1250. The van der Waals surface area contributed by atoms with Gasteiger partial charge in [-0.15, -0.1) is 0 Å². The van der Waals surface area contributed by atoms with Crippen molar-refractivity contribution in [2.24, 2.45) is 0 Å². The van der Waals surface area contributed by atoms with Crippen LogP contribution in [0.2, 0.25) is 0 Å². The summed E-state index contributed by atoms with van der Waals surface area (Å²) in [6.45, 7) is 7.51. The first-order valence-electron chi connectivity index (χ1n) is 25.4. The molecule has 0 aromatic heterocycles. The highest BCUT2D eigenvalue weighted by Crippen LogP contribution is 2.13. The average molecular weight is 859 g/mol. The molecule has 0 bridgehead atoms. The molecule has 0 fully saturated rings. The number of carbonyl (C=O) groups is 2. The second-order valence-electron chi connectivity index (χ2n) is 16.3. The van der Waals surface area contributed by atoms with E-state index in [4.69, 9.17) is 14.2 Å². The van der Waals surface area contributed by atoms with Crippen LogP contribution in [0, 0.1) is 0 Å². The third-order valence-electron chi connectivity index (χ3n) is 10.3. The van der Waals surface area contributed by atoms with E-state index < -0.39 is 6.10 Å². The molecule has 0 saturated heterocycles. The lowest BCUT2D eigenvalue weighted by Crippen LogP contribution is -2.30. The molecule has 0 aliphatic rings. The monoisotopic (exact) mass is 859 g/mol. The fraction of sp³-hybridized carbons (Fsp3) is 0.649. The zero-order valence-corrected chi connectivity index (χ0v) is 40.3. The van der Waals surface area contributed by atoms with Crippen molar-refractivity contribution in [1.29, 1.82) is 0 Å². The number of esters is 2. The van der Waals surface area contributed by atoms with Crippen LogP contribution in [-0.4, -0.2) is 37.9 Å². The molecular formula is C57H94O5. The van der Waals surface area contributed by atoms with Crippen LogP contribution in [0.1, 0.15) is 213 Å². The second-order valence-corrected chi connectivity index (χ2v) is 16.3. The molecule has 0 aliphatic heterocycles. The van der Waals surface area contributed by atoms with E-state index in [2.05, 4.69) is 130 Å². The minimum absolute atomic E-state index is 0.0503. The molecule has 0 amide bonds. The lowest BCUT2D eigenvalue weighted by atomic mass is 10.1. The first-order chi connectivity index (χ1) is 30.6. The van der Waals surface area contributed by atoms with Gasteiger partial charge in [0, 0.05) is 19.4 Å². The van der Waals surface area contributed by atoms with Crippen LogP contribution in [0.15, 0.2) is 109 Å². The number of hydrogen-bond acceptors (Lipinski definition) is 5. The molecule has 0 heterocycles. The molecule has 0 aromatic carbocycles. The van der Waals surface area contributed by atoms with Gasteiger partial charge < -0.3 is 14.2 Å². The molecule has 62 heavy (non-hydrogen) atoms. The Hall–Kier alpha value is -3.44. The van der Waals surface area contributed by atoms with Crippen LogP contribution in [0.4, 0.5) is 0 Å². The number of allylic oxidation sites excluding steroid dienone is 18. The summed E-state index contributed by atoms with van der Waals surface area (Å²) in [4.78, 5) is 25.4. The van der Waals surface area contributed by atoms with E-state index in [-0.39, 0.29) is 25.2 Å². The molecule has 0 radical (unpaired) electrons. The zero-order valence-electron chi connectivity index (χ0n) is 40.3. The van der Waals surface area contributed by atoms with E-state index in [9.17, 15) is 9.59 Å². The van der Waals surface area contributed by atoms with E-state index in [0.717, 1.165) is 109 Å². The fourth-order valence-electron chi connectivity index (χ4n) is 6.59. The minimum Gasteiger partial charge on any atom is -0.462 e. The molecule has 0 rings (SSSR count). The molecule has 0 aromatic rings. The van der Waals surface area contributed by atoms with E-state index in [1.807, 2.05) is 0 Å². The normalized spacial score (nSPS) is 13.1. The van der Waals surface area contributed by atoms with Gasteiger partial charge in [0.25, 0.3) is 0 Å². The number of ether oxygens (including phenoxy) is 3. The number of unbranched alkanes of at least 4 members (excludes halogenated alkanes) is 16. The van der Waals surface area contributed by atoms with Crippen molar-refractivity contribution in [1.82, 2.24) is 0 Å². The number of rotatable bonds is 45. The van der Waals surface area contributed by atoms with E-state index in [1.54, 1.807) is 0 Å². The minimum atomic E-state index is -0.575. The largest absolute Gasteiger partial charge is 0.462 e. The van der Waals surface area contributed by atoms with Crippen molar-refractivity contribution in [2.45, 2.75) is 219 Å². The third kappa shape index (κ3) is 49.2. The fourth-order valence-corrected chi connectivity index (χ4v) is 6.59. The summed E-state index contributed by atoms with van der Waals surface area (Å²) in [6, 6.07) is 0. The van der Waals surface area contributed by atoms with Gasteiger partial charge in [0.05, 0.1) is 6.61 Å². The molecule has 5 heteroatoms. The Morgan fingerprint density at radius 2 is 0.742 bits per heavy atom. The van der Waals surface area contributed by atoms with Crippen LogP contribution in [-0.2, 0) is 23.8 Å². The molecular weight excluding hydrogens is 765 g/mol. The zero-order chi connectivity index (χ0) is 44.9. The third-order valence-corrected chi connectivity index (χ3v) is 10.3. The lowest BCUT2D eigenvalue weighted by Gasteiger charge is -2.18. The summed E-state index contributed by atoms with van der Waals surface area (Å²) in [5.74, 6) is -0.485. The van der Waals surface area contributed by atoms with Crippen LogP contribution in [0.5, 0.6) is 0 Å². The Morgan fingerprint density at radius 1 is 0.371 bits per heavy atom. The van der Waals surface area contributed by atoms with Crippen LogP contribution >= 0.6 is 0 Å². The maximum Gasteiger partial charge on any atom is 0.306 e. The summed E-state index contributed by atoms with van der Waals surface area (Å²) < 4.78 is 17.3. The van der Waals surface area contributed by atoms with Gasteiger partial charge in [0.1, 0.15) is 6.61 Å². The molecule has 0 N–H and O–H groups in total. The van der Waals surface area contributed by atoms with Gasteiger partial charge in [0.15, 0.2) is 6.10 Å². The van der Waals surface area contributed by atoms with Crippen molar-refractivity contribution in [3.05, 3.63) is 109 Å². The molecule has 1 unspecified atom stereocenters. The highest BCUT2D eigenvalue weighted by Gasteiger charge is 2.17. The molecule has 1 atom stereocenters. The van der Waals surface area contributed by atoms with Gasteiger partial charge in [-0.25, -0.2) is 0 Å². The van der Waals surface area contributed by atoms with E-state index in [0.29, 0.717) is 19.4 Å². The van der Waals surface area contributed by atoms with Crippen LogP contribution in [0.3, 0.4) is 0 Å². The van der Waals surface area contributed by atoms with E-state index >= 15 is 0 Å². The van der Waals surface area contributed by atoms with Gasteiger partial charge in [0.2, 0.25) is 0 Å². The SMILES string of the molecule is CC/C=C\C/C=C\C/C=C\C/C=C\C/C=C\CCCC(=O)OC(COCCCCCCCCCCCC)COC(=O)CCCCCCCC/C=C\C/C=C\C/C=C\C/C=C\CC. The predicted molar refractivity (Wildman–Crippen MR) is 269 cm³/mol.